The lowest BCUT2D eigenvalue weighted by atomic mass is 10.2. The van der Waals surface area contributed by atoms with E-state index < -0.39 is 0 Å². The normalized spacial score (nSPS) is 18.7. The summed E-state index contributed by atoms with van der Waals surface area (Å²) in [6, 6.07) is 4.43. The molecule has 1 amide bonds. The molecule has 1 N–H and O–H groups in total. The summed E-state index contributed by atoms with van der Waals surface area (Å²) in [5, 5.41) is 5.92. The van der Waals surface area contributed by atoms with E-state index in [1.165, 1.54) is 12.8 Å². The van der Waals surface area contributed by atoms with Crippen LogP contribution in [0.3, 0.4) is 0 Å². The van der Waals surface area contributed by atoms with Crippen molar-refractivity contribution in [1.82, 2.24) is 19.8 Å². The summed E-state index contributed by atoms with van der Waals surface area (Å²) in [7, 11) is 0. The summed E-state index contributed by atoms with van der Waals surface area (Å²) in [5.74, 6) is 0.0623. The number of hydrogen-bond acceptors (Lipinski definition) is 4. The van der Waals surface area contributed by atoms with Crippen LogP contribution in [0.4, 0.5) is 0 Å². The maximum atomic E-state index is 12.1. The second kappa shape index (κ2) is 7.07. The Bertz CT molecular complexity index is 607. The predicted molar refractivity (Wildman–Crippen MR) is 88.4 cm³/mol. The molecule has 0 aromatic carbocycles. The van der Waals surface area contributed by atoms with E-state index in [1.54, 1.807) is 11.3 Å². The maximum Gasteiger partial charge on any atom is 0.226 e. The summed E-state index contributed by atoms with van der Waals surface area (Å²) in [5.41, 5.74) is 0.838. The van der Waals surface area contributed by atoms with Gasteiger partial charge >= 0.3 is 0 Å². The number of likely N-dealkylation sites (N-methyl/N-ethyl adjacent to an activating group) is 1. The molecule has 1 aliphatic heterocycles. The number of carbonyl (C=O) groups excluding carboxylic acids is 1. The van der Waals surface area contributed by atoms with Gasteiger partial charge in [0.05, 0.1) is 12.1 Å². The van der Waals surface area contributed by atoms with Gasteiger partial charge in [0.2, 0.25) is 5.91 Å². The zero-order valence-corrected chi connectivity index (χ0v) is 13.7. The molecule has 118 valence electrons. The third-order valence-electron chi connectivity index (χ3n) is 4.15. The standard InChI is InChI=1S/C16H22N4OS/c1-2-19-9-5-6-14(19)11-17-15(21)10-13-12-22-16(18-13)20-7-3-4-8-20/h3-4,7-8,12,14H,2,5-6,9-11H2,1H3,(H,17,21). The summed E-state index contributed by atoms with van der Waals surface area (Å²) in [6.07, 6.45) is 6.70. The topological polar surface area (TPSA) is 50.2 Å². The molecule has 0 spiro atoms. The van der Waals surface area contributed by atoms with Crippen molar-refractivity contribution in [2.45, 2.75) is 32.2 Å². The molecule has 1 atom stereocenters. The van der Waals surface area contributed by atoms with E-state index in [1.807, 2.05) is 34.5 Å². The third kappa shape index (κ3) is 3.56. The molecule has 3 heterocycles. The molecule has 0 bridgehead atoms. The first-order valence-corrected chi connectivity index (χ1v) is 8.72. The van der Waals surface area contributed by atoms with Crippen LogP contribution in [0.25, 0.3) is 5.13 Å². The first-order valence-electron chi connectivity index (χ1n) is 7.84. The lowest BCUT2D eigenvalue weighted by Crippen LogP contribution is -2.40. The monoisotopic (exact) mass is 318 g/mol. The Balaban J connectivity index is 1.50. The third-order valence-corrected chi connectivity index (χ3v) is 5.05. The molecule has 0 radical (unpaired) electrons. The average molecular weight is 318 g/mol. The van der Waals surface area contributed by atoms with E-state index in [2.05, 4.69) is 22.1 Å². The van der Waals surface area contributed by atoms with Gasteiger partial charge in [-0.3, -0.25) is 9.69 Å². The van der Waals surface area contributed by atoms with E-state index in [0.29, 0.717) is 12.5 Å². The highest BCUT2D eigenvalue weighted by molar-refractivity contribution is 7.12. The molecule has 6 heteroatoms. The Morgan fingerprint density at radius 3 is 3.05 bits per heavy atom. The van der Waals surface area contributed by atoms with Crippen molar-refractivity contribution in [2.24, 2.45) is 0 Å². The molecule has 1 saturated heterocycles. The Morgan fingerprint density at radius 2 is 2.27 bits per heavy atom. The molecular weight excluding hydrogens is 296 g/mol. The minimum Gasteiger partial charge on any atom is -0.354 e. The van der Waals surface area contributed by atoms with Crippen molar-refractivity contribution in [3.05, 3.63) is 35.6 Å². The molecule has 0 saturated carbocycles. The number of likely N-dealkylation sites (tertiary alicyclic amines) is 1. The molecule has 0 aliphatic carbocycles. The van der Waals surface area contributed by atoms with Gasteiger partial charge in [0.15, 0.2) is 5.13 Å². The van der Waals surface area contributed by atoms with Gasteiger partial charge in [-0.05, 0) is 38.1 Å². The fourth-order valence-electron chi connectivity index (χ4n) is 2.96. The second-order valence-electron chi connectivity index (χ2n) is 5.62. The van der Waals surface area contributed by atoms with Gasteiger partial charge in [0, 0.05) is 30.4 Å². The average Bonchev–Trinajstić information content (AvgIpc) is 3.25. The molecule has 2 aromatic rings. The number of nitrogens with one attached hydrogen (secondary N) is 1. The van der Waals surface area contributed by atoms with Crippen LogP contribution >= 0.6 is 11.3 Å². The molecule has 1 aliphatic rings. The first kappa shape index (κ1) is 15.2. The Hall–Kier alpha value is -1.66. The first-order chi connectivity index (χ1) is 10.8. The van der Waals surface area contributed by atoms with Gasteiger partial charge in [0.1, 0.15) is 0 Å². The lowest BCUT2D eigenvalue weighted by Gasteiger charge is -2.22. The van der Waals surface area contributed by atoms with Crippen molar-refractivity contribution in [2.75, 3.05) is 19.6 Å². The highest BCUT2D eigenvalue weighted by atomic mass is 32.1. The fraction of sp³-hybridized carbons (Fsp3) is 0.500. The number of amides is 1. The molecular formula is C16H22N4OS. The summed E-state index contributed by atoms with van der Waals surface area (Å²) < 4.78 is 1.96. The molecule has 2 aromatic heterocycles. The number of aromatic nitrogens is 2. The zero-order valence-electron chi connectivity index (χ0n) is 12.9. The zero-order chi connectivity index (χ0) is 15.4. The molecule has 1 fully saturated rings. The van der Waals surface area contributed by atoms with Crippen LogP contribution in [0.1, 0.15) is 25.5 Å². The van der Waals surface area contributed by atoms with E-state index in [9.17, 15) is 4.79 Å². The van der Waals surface area contributed by atoms with Crippen LogP contribution in [0.15, 0.2) is 29.9 Å². The number of rotatable bonds is 6. The molecule has 3 rings (SSSR count). The smallest absolute Gasteiger partial charge is 0.226 e. The van der Waals surface area contributed by atoms with Crippen LogP contribution in [0.2, 0.25) is 0 Å². The van der Waals surface area contributed by atoms with Gasteiger partial charge in [-0.15, -0.1) is 11.3 Å². The van der Waals surface area contributed by atoms with Crippen LogP contribution in [0.5, 0.6) is 0 Å². The van der Waals surface area contributed by atoms with Crippen molar-refractivity contribution in [1.29, 1.82) is 0 Å². The van der Waals surface area contributed by atoms with Crippen LogP contribution in [0, 0.1) is 0 Å². The quantitative estimate of drug-likeness (QED) is 0.887. The molecule has 22 heavy (non-hydrogen) atoms. The predicted octanol–water partition coefficient (Wildman–Crippen LogP) is 2.08. The van der Waals surface area contributed by atoms with Gasteiger partial charge < -0.3 is 9.88 Å². The molecule has 5 nitrogen and oxygen atoms in total. The van der Waals surface area contributed by atoms with Gasteiger partial charge in [-0.2, -0.15) is 0 Å². The van der Waals surface area contributed by atoms with Gasteiger partial charge in [-0.25, -0.2) is 4.98 Å². The number of carbonyl (C=O) groups is 1. The van der Waals surface area contributed by atoms with Crippen molar-refractivity contribution >= 4 is 17.2 Å². The van der Waals surface area contributed by atoms with Gasteiger partial charge in [-0.1, -0.05) is 6.92 Å². The number of hydrogen-bond donors (Lipinski definition) is 1. The lowest BCUT2D eigenvalue weighted by molar-refractivity contribution is -0.120. The second-order valence-corrected chi connectivity index (χ2v) is 6.45. The Labute approximate surface area is 135 Å². The summed E-state index contributed by atoms with van der Waals surface area (Å²) in [4.78, 5) is 19.0. The highest BCUT2D eigenvalue weighted by Crippen LogP contribution is 2.17. The van der Waals surface area contributed by atoms with Crippen molar-refractivity contribution in [3.63, 3.8) is 0 Å². The van der Waals surface area contributed by atoms with Crippen LogP contribution < -0.4 is 5.32 Å². The Morgan fingerprint density at radius 1 is 1.45 bits per heavy atom. The highest BCUT2D eigenvalue weighted by Gasteiger charge is 2.23. The number of nitrogens with zero attached hydrogens (tertiary/aromatic N) is 3. The molecule has 1 unspecified atom stereocenters. The maximum absolute atomic E-state index is 12.1. The van der Waals surface area contributed by atoms with Crippen LogP contribution in [-0.4, -0.2) is 46.0 Å². The number of thiazole rings is 1. The van der Waals surface area contributed by atoms with E-state index in [-0.39, 0.29) is 5.91 Å². The summed E-state index contributed by atoms with van der Waals surface area (Å²) in [6.45, 7) is 5.15. The van der Waals surface area contributed by atoms with Crippen LogP contribution in [-0.2, 0) is 11.2 Å². The van der Waals surface area contributed by atoms with E-state index in [0.717, 1.165) is 30.5 Å². The van der Waals surface area contributed by atoms with E-state index in [4.69, 9.17) is 0 Å². The Kier molecular flexibility index (Phi) is 4.90. The summed E-state index contributed by atoms with van der Waals surface area (Å²) >= 11 is 1.56. The minimum atomic E-state index is 0.0623. The minimum absolute atomic E-state index is 0.0623. The van der Waals surface area contributed by atoms with Crippen molar-refractivity contribution < 1.29 is 4.79 Å². The largest absolute Gasteiger partial charge is 0.354 e. The fourth-order valence-corrected chi connectivity index (χ4v) is 3.75. The SMILES string of the molecule is CCN1CCCC1CNC(=O)Cc1csc(-n2cccc2)n1. The van der Waals surface area contributed by atoms with E-state index >= 15 is 0 Å². The van der Waals surface area contributed by atoms with Crippen molar-refractivity contribution in [3.8, 4) is 5.13 Å². The van der Waals surface area contributed by atoms with Gasteiger partial charge in [0.25, 0.3) is 0 Å².